The van der Waals surface area contributed by atoms with Gasteiger partial charge in [-0.05, 0) is 75.9 Å². The van der Waals surface area contributed by atoms with Gasteiger partial charge in [0.1, 0.15) is 24.2 Å². The summed E-state index contributed by atoms with van der Waals surface area (Å²) in [6.07, 6.45) is 8.31. The molecule has 5 nitrogen and oxygen atoms in total. The SMILES string of the molecule is C=C.C=CC.C=CC(C)O/C(=C/C(=C\C)C(C)C)CO[C@H](C)CCOc1ccc(SCC(=O)O)c(C)c1.CC.CC. The summed E-state index contributed by atoms with van der Waals surface area (Å²) in [6, 6.07) is 5.71. The number of carbonyl (C=O) groups is 1. The van der Waals surface area contributed by atoms with Crippen LogP contribution in [-0.2, 0) is 14.3 Å². The van der Waals surface area contributed by atoms with Gasteiger partial charge in [0, 0.05) is 11.3 Å². The number of hydrogen-bond acceptors (Lipinski definition) is 5. The molecule has 0 amide bonds. The number of thioether (sulfide) groups is 1. The molecule has 0 aliphatic heterocycles. The van der Waals surface area contributed by atoms with Gasteiger partial charge in [0.2, 0.25) is 0 Å². The average molecular weight is 593 g/mol. The molecule has 0 saturated carbocycles. The van der Waals surface area contributed by atoms with Gasteiger partial charge in [-0.3, -0.25) is 4.79 Å². The minimum Gasteiger partial charge on any atom is -0.493 e. The zero-order chi connectivity index (χ0) is 32.8. The summed E-state index contributed by atoms with van der Waals surface area (Å²) in [4.78, 5) is 11.7. The number of ether oxygens (including phenoxy) is 3. The molecule has 0 saturated heterocycles. The minimum atomic E-state index is -0.822. The van der Waals surface area contributed by atoms with Crippen LogP contribution in [0.25, 0.3) is 0 Å². The van der Waals surface area contributed by atoms with Crippen molar-refractivity contribution in [1.29, 1.82) is 0 Å². The number of carboxylic acid groups (broad SMARTS) is 1. The second kappa shape index (κ2) is 31.8. The van der Waals surface area contributed by atoms with Gasteiger partial charge in [0.25, 0.3) is 0 Å². The van der Waals surface area contributed by atoms with E-state index >= 15 is 0 Å². The van der Waals surface area contributed by atoms with Crippen molar-refractivity contribution in [3.05, 3.63) is 85.7 Å². The van der Waals surface area contributed by atoms with Crippen LogP contribution >= 0.6 is 11.8 Å². The van der Waals surface area contributed by atoms with Gasteiger partial charge >= 0.3 is 5.97 Å². The predicted octanol–water partition coefficient (Wildman–Crippen LogP) is 10.5. The summed E-state index contributed by atoms with van der Waals surface area (Å²) in [7, 11) is 0. The van der Waals surface area contributed by atoms with Crippen LogP contribution in [0, 0.1) is 12.8 Å². The molecular formula is C35H60O5S. The zero-order valence-electron chi connectivity index (χ0n) is 27.9. The maximum atomic E-state index is 10.7. The van der Waals surface area contributed by atoms with E-state index in [1.807, 2.05) is 80.5 Å². The highest BCUT2D eigenvalue weighted by Gasteiger charge is 2.11. The van der Waals surface area contributed by atoms with E-state index in [2.05, 4.69) is 52.3 Å². The van der Waals surface area contributed by atoms with Gasteiger partial charge < -0.3 is 19.3 Å². The Balaban J connectivity index is -0.000000682. The number of hydrogen-bond donors (Lipinski definition) is 1. The molecule has 0 spiro atoms. The number of benzene rings is 1. The highest BCUT2D eigenvalue weighted by atomic mass is 32.2. The third-order valence-corrected chi connectivity index (χ3v) is 5.96. The van der Waals surface area contributed by atoms with E-state index in [-0.39, 0.29) is 18.0 Å². The molecule has 0 radical (unpaired) electrons. The molecule has 1 N–H and O–H groups in total. The molecule has 0 aromatic heterocycles. The standard InChI is InChI=1S/C26H38O5S.C3H6.2C2H6.C2H4/c1-8-20(6)31-24(15-22(9-2)18(3)4)16-30-21(7)12-13-29-23-10-11-25(19(5)14-23)32-17-26(27)28;1-3-2;3*1-2/h8-11,14-15,18,20-21H,1,12-13,16-17H2,2-7H3,(H,27,28);3H,1H2,2H3;2*1-2H3;1-2H2/b22-9+,24-15+;;;;/t20?,21-;;;;/m1..../s1. The summed E-state index contributed by atoms with van der Waals surface area (Å²) in [6.45, 7) is 36.2. The van der Waals surface area contributed by atoms with E-state index in [0.29, 0.717) is 19.1 Å². The predicted molar refractivity (Wildman–Crippen MR) is 182 cm³/mol. The fourth-order valence-corrected chi connectivity index (χ4v) is 3.56. The van der Waals surface area contributed by atoms with Crippen LogP contribution in [0.5, 0.6) is 5.75 Å². The number of rotatable bonds is 15. The first-order chi connectivity index (χ1) is 19.6. The molecule has 1 aromatic rings. The van der Waals surface area contributed by atoms with Crippen molar-refractivity contribution in [2.24, 2.45) is 5.92 Å². The Morgan fingerprint density at radius 2 is 1.61 bits per heavy atom. The van der Waals surface area contributed by atoms with Gasteiger partial charge in [0.15, 0.2) is 0 Å². The van der Waals surface area contributed by atoms with E-state index in [9.17, 15) is 4.79 Å². The Morgan fingerprint density at radius 3 is 2.05 bits per heavy atom. The lowest BCUT2D eigenvalue weighted by atomic mass is 10.0. The molecule has 0 aliphatic carbocycles. The molecule has 1 rings (SSSR count). The summed E-state index contributed by atoms with van der Waals surface area (Å²) >= 11 is 1.31. The van der Waals surface area contributed by atoms with Crippen LogP contribution in [0.3, 0.4) is 0 Å². The van der Waals surface area contributed by atoms with E-state index in [1.54, 1.807) is 12.2 Å². The lowest BCUT2D eigenvalue weighted by molar-refractivity contribution is -0.133. The van der Waals surface area contributed by atoms with Gasteiger partial charge in [-0.2, -0.15) is 0 Å². The second-order valence-corrected chi connectivity index (χ2v) is 9.41. The Hall–Kier alpha value is -2.70. The van der Waals surface area contributed by atoms with Crippen molar-refractivity contribution in [2.75, 3.05) is 19.0 Å². The van der Waals surface area contributed by atoms with Crippen LogP contribution in [0.4, 0.5) is 0 Å². The summed E-state index contributed by atoms with van der Waals surface area (Å²) in [5, 5.41) is 8.83. The second-order valence-electron chi connectivity index (χ2n) is 8.39. The van der Waals surface area contributed by atoms with Gasteiger partial charge in [-0.15, -0.1) is 31.5 Å². The van der Waals surface area contributed by atoms with Crippen LogP contribution in [-0.4, -0.2) is 42.3 Å². The Kier molecular flexibility index (Phi) is 35.2. The van der Waals surface area contributed by atoms with Crippen molar-refractivity contribution in [3.8, 4) is 5.75 Å². The molecule has 1 aromatic carbocycles. The van der Waals surface area contributed by atoms with Crippen molar-refractivity contribution in [3.63, 3.8) is 0 Å². The maximum absolute atomic E-state index is 10.7. The van der Waals surface area contributed by atoms with Gasteiger partial charge in [0.05, 0.1) is 18.5 Å². The van der Waals surface area contributed by atoms with Crippen molar-refractivity contribution in [2.45, 2.75) is 99.7 Å². The zero-order valence-corrected chi connectivity index (χ0v) is 28.7. The molecule has 0 bridgehead atoms. The van der Waals surface area contributed by atoms with E-state index < -0.39 is 5.97 Å². The van der Waals surface area contributed by atoms with Gasteiger partial charge in [-0.25, -0.2) is 0 Å². The highest BCUT2D eigenvalue weighted by molar-refractivity contribution is 8.00. The number of carboxylic acids is 1. The molecule has 0 heterocycles. The third-order valence-electron chi connectivity index (χ3n) is 4.80. The fourth-order valence-electron chi connectivity index (χ4n) is 2.83. The van der Waals surface area contributed by atoms with Crippen LogP contribution < -0.4 is 4.74 Å². The van der Waals surface area contributed by atoms with E-state index in [1.165, 1.54) is 17.3 Å². The fraction of sp³-hybridized carbons (Fsp3) is 0.514. The van der Waals surface area contributed by atoms with Crippen molar-refractivity contribution >= 4 is 17.7 Å². The molecule has 2 atom stereocenters. The van der Waals surface area contributed by atoms with Gasteiger partial charge in [-0.1, -0.05) is 66.3 Å². The molecule has 0 fully saturated rings. The minimum absolute atomic E-state index is 0.000589. The highest BCUT2D eigenvalue weighted by Crippen LogP contribution is 2.26. The largest absolute Gasteiger partial charge is 0.493 e. The monoisotopic (exact) mass is 592 g/mol. The first kappa shape index (κ1) is 45.3. The molecule has 236 valence electrons. The lowest BCUT2D eigenvalue weighted by Gasteiger charge is -2.19. The molecular weight excluding hydrogens is 532 g/mol. The Labute approximate surface area is 257 Å². The lowest BCUT2D eigenvalue weighted by Crippen LogP contribution is -2.17. The maximum Gasteiger partial charge on any atom is 0.313 e. The normalized spacial score (nSPS) is 11.8. The smallest absolute Gasteiger partial charge is 0.313 e. The molecule has 41 heavy (non-hydrogen) atoms. The first-order valence-corrected chi connectivity index (χ1v) is 15.5. The van der Waals surface area contributed by atoms with Crippen molar-refractivity contribution < 1.29 is 24.1 Å². The molecule has 6 heteroatoms. The quantitative estimate of drug-likeness (QED) is 0.0946. The topological polar surface area (TPSA) is 65.0 Å². The van der Waals surface area contributed by atoms with E-state index in [4.69, 9.17) is 19.3 Å². The van der Waals surface area contributed by atoms with Crippen LogP contribution in [0.2, 0.25) is 0 Å². The number of allylic oxidation sites excluding steroid dienone is 4. The number of aryl methyl sites for hydroxylation is 1. The number of aliphatic carboxylic acids is 1. The molecule has 1 unspecified atom stereocenters. The summed E-state index contributed by atoms with van der Waals surface area (Å²) in [5.74, 6) is 1.19. The third kappa shape index (κ3) is 26.0. The van der Waals surface area contributed by atoms with Crippen molar-refractivity contribution in [1.82, 2.24) is 0 Å². The van der Waals surface area contributed by atoms with Crippen LogP contribution in [0.1, 0.15) is 81.2 Å². The summed E-state index contributed by atoms with van der Waals surface area (Å²) in [5.41, 5.74) is 2.21. The van der Waals surface area contributed by atoms with E-state index in [0.717, 1.165) is 28.4 Å². The average Bonchev–Trinajstić information content (AvgIpc) is 2.97. The summed E-state index contributed by atoms with van der Waals surface area (Å²) < 4.78 is 17.9. The Bertz CT molecular complexity index is 858. The van der Waals surface area contributed by atoms with Crippen LogP contribution in [0.15, 0.2) is 85.0 Å². The Morgan fingerprint density at radius 1 is 1.05 bits per heavy atom. The first-order valence-electron chi connectivity index (χ1n) is 14.5. The molecule has 0 aliphatic rings.